The minimum atomic E-state index is -0.564. The van der Waals surface area contributed by atoms with Gasteiger partial charge in [0.1, 0.15) is 23.2 Å². The van der Waals surface area contributed by atoms with Gasteiger partial charge in [-0.15, -0.1) is 0 Å². The van der Waals surface area contributed by atoms with Crippen molar-refractivity contribution in [2.24, 2.45) is 0 Å². The van der Waals surface area contributed by atoms with Crippen LogP contribution in [0, 0.1) is 37.9 Å². The first-order chi connectivity index (χ1) is 12.9. The highest BCUT2D eigenvalue weighted by atomic mass is 19.1. The topological polar surface area (TPSA) is 83.9 Å². The number of hydrogen-bond acceptors (Lipinski definition) is 4. The van der Waals surface area contributed by atoms with E-state index in [0.717, 1.165) is 17.0 Å². The van der Waals surface area contributed by atoms with Crippen molar-refractivity contribution in [3.63, 3.8) is 0 Å². The van der Waals surface area contributed by atoms with Crippen LogP contribution in [0.1, 0.15) is 22.7 Å². The normalized spacial score (nSPS) is 11.3. The fourth-order valence-electron chi connectivity index (χ4n) is 2.78. The van der Waals surface area contributed by atoms with Crippen LogP contribution in [-0.4, -0.2) is 15.6 Å². The van der Waals surface area contributed by atoms with E-state index in [1.54, 1.807) is 13.0 Å². The number of carbonyl (C=O) groups is 1. The third-order valence-electron chi connectivity index (χ3n) is 4.08. The van der Waals surface area contributed by atoms with Crippen molar-refractivity contribution in [2.75, 3.05) is 5.32 Å². The summed E-state index contributed by atoms with van der Waals surface area (Å²) in [5, 5.41) is 16.0. The molecule has 0 atom stereocenters. The zero-order valence-corrected chi connectivity index (χ0v) is 15.1. The summed E-state index contributed by atoms with van der Waals surface area (Å²) >= 11 is 0. The Kier molecular flexibility index (Phi) is 4.90. The third-order valence-corrected chi connectivity index (χ3v) is 4.08. The summed E-state index contributed by atoms with van der Waals surface area (Å²) in [4.78, 5) is 12.4. The molecule has 3 rings (SSSR count). The van der Waals surface area contributed by atoms with Gasteiger partial charge in [0.2, 0.25) is 0 Å². The minimum absolute atomic E-state index is 0.0593. The number of aromatic nitrogens is 2. The van der Waals surface area contributed by atoms with Crippen LogP contribution in [0.2, 0.25) is 0 Å². The maximum Gasteiger partial charge on any atom is 0.266 e. The number of anilines is 1. The summed E-state index contributed by atoms with van der Waals surface area (Å²) in [5.41, 5.74) is 2.78. The number of halogens is 1. The summed E-state index contributed by atoms with van der Waals surface area (Å²) < 4.78 is 20.0. The van der Waals surface area contributed by atoms with Gasteiger partial charge in [-0.1, -0.05) is 5.16 Å². The molecule has 3 aromatic rings. The number of aryl methyl sites for hydroxylation is 2. The lowest BCUT2D eigenvalue weighted by Crippen LogP contribution is -2.13. The second-order valence-corrected chi connectivity index (χ2v) is 6.09. The number of carbonyl (C=O) groups excluding carboxylic acids is 1. The minimum Gasteiger partial charge on any atom is -0.360 e. The van der Waals surface area contributed by atoms with E-state index in [9.17, 15) is 14.4 Å². The van der Waals surface area contributed by atoms with Crippen LogP contribution in [0.5, 0.6) is 0 Å². The highest BCUT2D eigenvalue weighted by Crippen LogP contribution is 2.23. The van der Waals surface area contributed by atoms with Crippen molar-refractivity contribution in [1.29, 1.82) is 5.26 Å². The first kappa shape index (κ1) is 18.1. The lowest BCUT2D eigenvalue weighted by molar-refractivity contribution is -0.112. The zero-order valence-electron chi connectivity index (χ0n) is 15.1. The van der Waals surface area contributed by atoms with Crippen molar-refractivity contribution < 1.29 is 13.7 Å². The average molecular weight is 364 g/mol. The predicted molar refractivity (Wildman–Crippen MR) is 98.7 cm³/mol. The fraction of sp³-hybridized carbons (Fsp3) is 0.150. The first-order valence-electron chi connectivity index (χ1n) is 8.20. The van der Waals surface area contributed by atoms with Crippen molar-refractivity contribution in [2.45, 2.75) is 20.8 Å². The molecule has 6 nitrogen and oxygen atoms in total. The Morgan fingerprint density at radius 2 is 1.96 bits per heavy atom. The molecule has 0 saturated carbocycles. The molecule has 1 amide bonds. The van der Waals surface area contributed by atoms with E-state index in [2.05, 4.69) is 10.5 Å². The van der Waals surface area contributed by atoms with Gasteiger partial charge in [-0.3, -0.25) is 9.36 Å². The van der Waals surface area contributed by atoms with Crippen molar-refractivity contribution in [1.82, 2.24) is 9.72 Å². The van der Waals surface area contributed by atoms with Gasteiger partial charge < -0.3 is 9.84 Å². The van der Waals surface area contributed by atoms with Crippen molar-refractivity contribution >= 4 is 17.7 Å². The van der Waals surface area contributed by atoms with Crippen LogP contribution < -0.4 is 5.32 Å². The lowest BCUT2D eigenvalue weighted by atomic mass is 10.1. The highest BCUT2D eigenvalue weighted by molar-refractivity contribution is 6.09. The van der Waals surface area contributed by atoms with Crippen molar-refractivity contribution in [3.05, 3.63) is 70.5 Å². The molecule has 27 heavy (non-hydrogen) atoms. The Labute approximate surface area is 155 Å². The van der Waals surface area contributed by atoms with Crippen LogP contribution in [0.4, 0.5) is 10.1 Å². The van der Waals surface area contributed by atoms with Gasteiger partial charge in [-0.25, -0.2) is 4.39 Å². The summed E-state index contributed by atoms with van der Waals surface area (Å²) in [6.07, 6.45) is 1.52. The predicted octanol–water partition coefficient (Wildman–Crippen LogP) is 4.08. The molecule has 0 saturated heterocycles. The highest BCUT2D eigenvalue weighted by Gasteiger charge is 2.15. The molecule has 0 spiro atoms. The molecule has 1 aromatic carbocycles. The lowest BCUT2D eigenvalue weighted by Gasteiger charge is -2.05. The molecular formula is C20H17FN4O2. The van der Waals surface area contributed by atoms with Gasteiger partial charge >= 0.3 is 0 Å². The van der Waals surface area contributed by atoms with Crippen LogP contribution >= 0.6 is 0 Å². The number of hydrogen-bond donors (Lipinski definition) is 1. The van der Waals surface area contributed by atoms with Gasteiger partial charge in [0.25, 0.3) is 5.91 Å². The second kappa shape index (κ2) is 7.30. The van der Waals surface area contributed by atoms with Gasteiger partial charge in [-0.05, 0) is 62.7 Å². The molecular weight excluding hydrogens is 347 g/mol. The SMILES string of the molecule is Cc1cc(-n2c(C)cc(/C=C(\C#N)C(=O)Nc3ccc(F)cc3)c2C)no1. The number of nitrogens with zero attached hydrogens (tertiary/aromatic N) is 3. The average Bonchev–Trinajstić information content (AvgIpc) is 3.17. The Balaban J connectivity index is 1.91. The molecule has 2 heterocycles. The van der Waals surface area contributed by atoms with Gasteiger partial charge in [-0.2, -0.15) is 5.26 Å². The largest absolute Gasteiger partial charge is 0.360 e. The number of benzene rings is 1. The summed E-state index contributed by atoms with van der Waals surface area (Å²) in [6.45, 7) is 5.58. The molecule has 2 aromatic heterocycles. The Hall–Kier alpha value is -3.66. The molecule has 0 bridgehead atoms. The molecule has 0 unspecified atom stereocenters. The smallest absolute Gasteiger partial charge is 0.266 e. The number of nitrogens with one attached hydrogen (secondary N) is 1. The Bertz CT molecular complexity index is 1070. The summed E-state index contributed by atoms with van der Waals surface area (Å²) in [5.74, 6) is 0.355. The molecule has 7 heteroatoms. The zero-order chi connectivity index (χ0) is 19.6. The summed E-state index contributed by atoms with van der Waals surface area (Å²) in [7, 11) is 0. The standard InChI is InChI=1S/C20H17FN4O2/c1-12-8-15(14(3)25(12)19-9-13(2)27-24-19)10-16(11-22)20(26)23-18-6-4-17(21)5-7-18/h4-10H,1-3H3,(H,23,26)/b16-10+. The van der Waals surface area contributed by atoms with Gasteiger partial charge in [0.15, 0.2) is 5.82 Å². The van der Waals surface area contributed by atoms with E-state index < -0.39 is 11.7 Å². The van der Waals surface area contributed by atoms with Gasteiger partial charge in [0, 0.05) is 23.1 Å². The van der Waals surface area contributed by atoms with E-state index in [4.69, 9.17) is 4.52 Å². The Morgan fingerprint density at radius 3 is 2.56 bits per heavy atom. The maximum absolute atomic E-state index is 13.0. The van der Waals surface area contributed by atoms with E-state index in [1.165, 1.54) is 30.3 Å². The molecule has 0 aliphatic heterocycles. The number of nitriles is 1. The van der Waals surface area contributed by atoms with Gasteiger partial charge in [0.05, 0.1) is 0 Å². The molecule has 0 radical (unpaired) electrons. The van der Waals surface area contributed by atoms with Crippen molar-refractivity contribution in [3.8, 4) is 11.9 Å². The maximum atomic E-state index is 13.0. The third kappa shape index (κ3) is 3.80. The quantitative estimate of drug-likeness (QED) is 0.558. The fourth-order valence-corrected chi connectivity index (χ4v) is 2.78. The van der Waals surface area contributed by atoms with E-state index in [1.807, 2.05) is 30.6 Å². The van der Waals surface area contributed by atoms with Crippen LogP contribution in [0.3, 0.4) is 0 Å². The molecule has 0 aliphatic carbocycles. The van der Waals surface area contributed by atoms with E-state index in [0.29, 0.717) is 17.3 Å². The van der Waals surface area contributed by atoms with E-state index in [-0.39, 0.29) is 5.57 Å². The molecule has 1 N–H and O–H groups in total. The second-order valence-electron chi connectivity index (χ2n) is 6.09. The number of rotatable bonds is 4. The summed E-state index contributed by atoms with van der Waals surface area (Å²) in [6, 6.07) is 10.9. The monoisotopic (exact) mass is 364 g/mol. The van der Waals surface area contributed by atoms with Crippen LogP contribution in [0.25, 0.3) is 11.9 Å². The first-order valence-corrected chi connectivity index (χ1v) is 8.20. The van der Waals surface area contributed by atoms with Crippen LogP contribution in [-0.2, 0) is 4.79 Å². The molecule has 0 fully saturated rings. The van der Waals surface area contributed by atoms with E-state index >= 15 is 0 Å². The number of amides is 1. The van der Waals surface area contributed by atoms with Crippen LogP contribution in [0.15, 0.2) is 46.5 Å². The molecule has 136 valence electrons. The molecule has 0 aliphatic rings. The Morgan fingerprint density at radius 1 is 1.26 bits per heavy atom.